The van der Waals surface area contributed by atoms with Crippen molar-refractivity contribution in [3.05, 3.63) is 59.4 Å². The number of ether oxygens (including phenoxy) is 1. The number of piperazine rings is 1. The van der Waals surface area contributed by atoms with Crippen LogP contribution in [0.1, 0.15) is 53.3 Å². The lowest BCUT2D eigenvalue weighted by Gasteiger charge is -2.41. The quantitative estimate of drug-likeness (QED) is 0.322. The lowest BCUT2D eigenvalue weighted by Crippen LogP contribution is -2.54. The third-order valence-corrected chi connectivity index (χ3v) is 9.24. The Morgan fingerprint density at radius 2 is 1.92 bits per heavy atom. The van der Waals surface area contributed by atoms with Crippen molar-refractivity contribution in [2.24, 2.45) is 0 Å². The van der Waals surface area contributed by atoms with Gasteiger partial charge in [-0.05, 0) is 62.4 Å². The largest absolute Gasteiger partial charge is 0.496 e. The third-order valence-electron chi connectivity index (χ3n) is 8.21. The van der Waals surface area contributed by atoms with Crippen molar-refractivity contribution < 1.29 is 19.2 Å². The fourth-order valence-corrected chi connectivity index (χ4v) is 7.34. The van der Waals surface area contributed by atoms with Gasteiger partial charge in [-0.2, -0.15) is 0 Å². The summed E-state index contributed by atoms with van der Waals surface area (Å²) < 4.78 is 12.5. The van der Waals surface area contributed by atoms with Crippen LogP contribution in [0.5, 0.6) is 5.75 Å². The number of nitrogens with zero attached hydrogens (tertiary/aromatic N) is 4. The Kier molecular flexibility index (Phi) is 5.85. The molecule has 196 valence electrons. The van der Waals surface area contributed by atoms with Gasteiger partial charge < -0.3 is 19.3 Å². The van der Waals surface area contributed by atoms with Crippen molar-refractivity contribution in [2.45, 2.75) is 50.1 Å². The minimum absolute atomic E-state index is 0.312. The Hall–Kier alpha value is -3.43. The summed E-state index contributed by atoms with van der Waals surface area (Å²) in [5.74, 6) is 1.47. The number of para-hydroxylation sites is 1. The highest BCUT2D eigenvalue weighted by Gasteiger charge is 2.41. The Morgan fingerprint density at radius 1 is 1.13 bits per heavy atom. The molecule has 4 heterocycles. The average molecular weight is 531 g/mol. The number of anilines is 1. The number of likely N-dealkylation sites (tertiary alicyclic amines) is 1. The van der Waals surface area contributed by atoms with Crippen LogP contribution in [0, 0.1) is 0 Å². The lowest BCUT2D eigenvalue weighted by atomic mass is 10.0. The number of carboxylic acids is 1. The molecule has 1 N–H and O–H groups in total. The number of fused-ring (bicyclic) bond motifs is 3. The van der Waals surface area contributed by atoms with Gasteiger partial charge >= 0.3 is 5.97 Å². The summed E-state index contributed by atoms with van der Waals surface area (Å²) in [5.41, 5.74) is 4.33. The van der Waals surface area contributed by atoms with Gasteiger partial charge in [0, 0.05) is 48.8 Å². The number of hydrogen-bond acceptors (Lipinski definition) is 8. The van der Waals surface area contributed by atoms with E-state index in [0.29, 0.717) is 23.6 Å². The molecule has 0 spiro atoms. The molecule has 2 saturated heterocycles. The molecule has 4 aromatic rings. The van der Waals surface area contributed by atoms with Crippen molar-refractivity contribution in [3.63, 3.8) is 0 Å². The average Bonchev–Trinajstić information content (AvgIpc) is 3.45. The van der Waals surface area contributed by atoms with Gasteiger partial charge in [-0.3, -0.25) is 4.90 Å². The number of benzene rings is 2. The second kappa shape index (κ2) is 9.39. The molecule has 7 rings (SSSR count). The molecule has 1 aliphatic carbocycles. The van der Waals surface area contributed by atoms with Crippen LogP contribution in [0.15, 0.2) is 47.0 Å². The first kappa shape index (κ1) is 23.7. The van der Waals surface area contributed by atoms with E-state index >= 15 is 0 Å². The van der Waals surface area contributed by atoms with Gasteiger partial charge in [-0.1, -0.05) is 28.6 Å². The molecule has 8 nitrogen and oxygen atoms in total. The third kappa shape index (κ3) is 4.14. The Labute approximate surface area is 224 Å². The minimum Gasteiger partial charge on any atom is -0.496 e. The predicted octanol–water partition coefficient (Wildman–Crippen LogP) is 5.43. The highest BCUT2D eigenvalue weighted by atomic mass is 32.1. The lowest BCUT2D eigenvalue weighted by molar-refractivity contribution is 0.0697. The zero-order chi connectivity index (χ0) is 25.8. The van der Waals surface area contributed by atoms with E-state index in [-0.39, 0.29) is 0 Å². The maximum atomic E-state index is 11.4. The van der Waals surface area contributed by atoms with Crippen molar-refractivity contribution in [3.8, 4) is 17.0 Å². The van der Waals surface area contributed by atoms with E-state index in [2.05, 4.69) is 21.0 Å². The van der Waals surface area contributed by atoms with E-state index in [1.54, 1.807) is 30.6 Å². The number of methoxy groups -OCH3 is 1. The molecule has 2 aliphatic heterocycles. The van der Waals surface area contributed by atoms with Crippen molar-refractivity contribution in [1.29, 1.82) is 0 Å². The van der Waals surface area contributed by atoms with Crippen LogP contribution in [-0.4, -0.2) is 64.9 Å². The van der Waals surface area contributed by atoms with E-state index in [9.17, 15) is 9.90 Å². The molecule has 2 bridgehead atoms. The molecule has 9 heteroatoms. The first-order valence-electron chi connectivity index (χ1n) is 13.4. The molecule has 2 aromatic heterocycles. The van der Waals surface area contributed by atoms with E-state index in [1.165, 1.54) is 18.4 Å². The number of rotatable bonds is 8. The second-order valence-corrected chi connectivity index (χ2v) is 11.6. The Bertz CT molecular complexity index is 1500. The molecule has 2 aromatic carbocycles. The summed E-state index contributed by atoms with van der Waals surface area (Å²) in [6.45, 7) is 2.97. The summed E-state index contributed by atoms with van der Waals surface area (Å²) in [6, 6.07) is 14.1. The Morgan fingerprint density at radius 3 is 2.66 bits per heavy atom. The molecule has 0 radical (unpaired) electrons. The monoisotopic (exact) mass is 530 g/mol. The highest BCUT2D eigenvalue weighted by Crippen LogP contribution is 2.45. The van der Waals surface area contributed by atoms with Crippen molar-refractivity contribution in [1.82, 2.24) is 15.0 Å². The molecular weight excluding hydrogens is 500 g/mol. The van der Waals surface area contributed by atoms with Crippen molar-refractivity contribution >= 4 is 32.7 Å². The number of carboxylic acid groups (broad SMARTS) is 1. The molecule has 1 saturated carbocycles. The molecule has 3 fully saturated rings. The van der Waals surface area contributed by atoms with Crippen LogP contribution in [-0.2, 0) is 6.42 Å². The van der Waals surface area contributed by atoms with Gasteiger partial charge in [0.1, 0.15) is 17.2 Å². The number of aromatic carboxylic acids is 1. The number of carbonyl (C=O) groups is 1. The molecule has 38 heavy (non-hydrogen) atoms. The maximum Gasteiger partial charge on any atom is 0.335 e. The number of hydrogen-bond donors (Lipinski definition) is 1. The first-order valence-corrected chi connectivity index (χ1v) is 14.2. The SMILES string of the molecule is COc1ccccc1-c1noc(C2CC2)c1CCN1CC2CCC(C1)N2c1nc2ccc(C(=O)O)cc2s1. The predicted molar refractivity (Wildman–Crippen MR) is 146 cm³/mol. The fraction of sp³-hybridized carbons (Fsp3) is 0.414. The van der Waals surface area contributed by atoms with Crippen molar-refractivity contribution in [2.75, 3.05) is 31.6 Å². The topological polar surface area (TPSA) is 91.9 Å². The second-order valence-electron chi connectivity index (χ2n) is 10.6. The Balaban J connectivity index is 1.09. The molecule has 3 aliphatic rings. The van der Waals surface area contributed by atoms with Crippen LogP contribution in [0.25, 0.3) is 21.5 Å². The van der Waals surface area contributed by atoms with E-state index in [4.69, 9.17) is 14.2 Å². The van der Waals surface area contributed by atoms with Gasteiger partial charge in [0.15, 0.2) is 5.13 Å². The number of aromatic nitrogens is 2. The smallest absolute Gasteiger partial charge is 0.335 e. The zero-order valence-corrected chi connectivity index (χ0v) is 22.1. The minimum atomic E-state index is -0.901. The molecule has 2 atom stereocenters. The van der Waals surface area contributed by atoms with Gasteiger partial charge in [0.25, 0.3) is 0 Å². The maximum absolute atomic E-state index is 11.4. The van der Waals surface area contributed by atoms with Crippen LogP contribution in [0.3, 0.4) is 0 Å². The van der Waals surface area contributed by atoms with Crippen LogP contribution in [0.4, 0.5) is 5.13 Å². The van der Waals surface area contributed by atoms with Gasteiger partial charge in [-0.25, -0.2) is 9.78 Å². The van der Waals surface area contributed by atoms with Gasteiger partial charge in [0.2, 0.25) is 0 Å². The fourth-order valence-electron chi connectivity index (χ4n) is 6.19. The zero-order valence-electron chi connectivity index (χ0n) is 21.3. The standard InChI is InChI=1S/C29H30N4O4S/c1-36-24-5-3-2-4-21(24)26-22(27(37-31-26)17-6-7-17)12-13-32-15-19-9-10-20(16-32)33(19)29-30-23-11-8-18(28(34)35)14-25(23)38-29/h2-5,8,11,14,17,19-20H,6-7,9-10,12-13,15-16H2,1H3,(H,34,35). The highest BCUT2D eigenvalue weighted by molar-refractivity contribution is 7.22. The van der Waals surface area contributed by atoms with Gasteiger partial charge in [0.05, 0.1) is 22.9 Å². The molecular formula is C29H30N4O4S. The van der Waals surface area contributed by atoms with Gasteiger partial charge in [-0.15, -0.1) is 0 Å². The summed E-state index contributed by atoms with van der Waals surface area (Å²) in [4.78, 5) is 21.4. The summed E-state index contributed by atoms with van der Waals surface area (Å²) >= 11 is 1.61. The normalized spacial score (nSPS) is 21.3. The number of thiazole rings is 1. The van der Waals surface area contributed by atoms with E-state index < -0.39 is 5.97 Å². The molecule has 0 amide bonds. The molecule has 2 unspecified atom stereocenters. The summed E-state index contributed by atoms with van der Waals surface area (Å²) in [7, 11) is 1.70. The summed E-state index contributed by atoms with van der Waals surface area (Å²) in [6.07, 6.45) is 5.56. The summed E-state index contributed by atoms with van der Waals surface area (Å²) in [5, 5.41) is 14.9. The van der Waals surface area contributed by atoms with E-state index in [0.717, 1.165) is 77.0 Å². The van der Waals surface area contributed by atoms with Crippen LogP contribution in [0.2, 0.25) is 0 Å². The van der Waals surface area contributed by atoms with E-state index in [1.807, 2.05) is 24.3 Å². The van der Waals surface area contributed by atoms with Crippen LogP contribution < -0.4 is 9.64 Å². The van der Waals surface area contributed by atoms with Crippen LogP contribution >= 0.6 is 11.3 Å². The first-order chi connectivity index (χ1) is 18.6.